The summed E-state index contributed by atoms with van der Waals surface area (Å²) in [5, 5.41) is 0. The summed E-state index contributed by atoms with van der Waals surface area (Å²) in [5.41, 5.74) is 0. The van der Waals surface area contributed by atoms with Crippen LogP contribution in [0.5, 0.6) is 0 Å². The van der Waals surface area contributed by atoms with Crippen LogP contribution in [0.1, 0.15) is 30.3 Å². The molecular weight excluding hydrogens is 282 g/mol. The Morgan fingerprint density at radius 1 is 1.27 bits per heavy atom. The minimum atomic E-state index is -0.0731. The molecule has 0 N–H and O–H groups in total. The maximum absolute atomic E-state index is 12.2. The van der Waals surface area contributed by atoms with Crippen LogP contribution in [0.3, 0.4) is 0 Å². The molecule has 1 fully saturated rings. The van der Waals surface area contributed by atoms with Gasteiger partial charge in [-0.05, 0) is 18.6 Å². The molecule has 1 saturated heterocycles. The minimum absolute atomic E-state index is 0.0731. The van der Waals surface area contributed by atoms with Crippen LogP contribution in [0.15, 0.2) is 22.8 Å². The van der Waals surface area contributed by atoms with Gasteiger partial charge in [0.05, 0.1) is 12.8 Å². The number of amides is 2. The first-order valence-corrected chi connectivity index (χ1v) is 7.91. The lowest BCUT2D eigenvalue weighted by molar-refractivity contribution is -0.131. The number of likely N-dealkylation sites (N-methyl/N-ethyl adjacent to an activating group) is 1. The van der Waals surface area contributed by atoms with Crippen molar-refractivity contribution < 1.29 is 14.0 Å². The van der Waals surface area contributed by atoms with Gasteiger partial charge >= 0.3 is 0 Å². The van der Waals surface area contributed by atoms with Crippen LogP contribution >= 0.6 is 0 Å². The zero-order chi connectivity index (χ0) is 15.9. The van der Waals surface area contributed by atoms with Crippen molar-refractivity contribution in [3.8, 4) is 0 Å². The van der Waals surface area contributed by atoms with Gasteiger partial charge in [0.25, 0.3) is 5.91 Å². The van der Waals surface area contributed by atoms with Crippen LogP contribution in [0.2, 0.25) is 0 Å². The Hall–Kier alpha value is -1.82. The molecule has 2 amide bonds. The Labute approximate surface area is 131 Å². The maximum Gasteiger partial charge on any atom is 0.289 e. The third-order valence-electron chi connectivity index (χ3n) is 4.02. The Bertz CT molecular complexity index is 479. The van der Waals surface area contributed by atoms with Gasteiger partial charge in [0.2, 0.25) is 5.91 Å². The predicted molar refractivity (Wildman–Crippen MR) is 83.6 cm³/mol. The van der Waals surface area contributed by atoms with Gasteiger partial charge in [-0.3, -0.25) is 14.5 Å². The third-order valence-corrected chi connectivity index (χ3v) is 4.02. The maximum atomic E-state index is 12.2. The number of hydrogen-bond donors (Lipinski definition) is 0. The average molecular weight is 307 g/mol. The number of nitrogens with zero attached hydrogens (tertiary/aromatic N) is 3. The normalized spacial score (nSPS) is 15.8. The molecule has 2 rings (SSSR count). The molecule has 0 radical (unpaired) electrons. The first-order valence-electron chi connectivity index (χ1n) is 7.91. The number of rotatable bonds is 6. The van der Waals surface area contributed by atoms with Crippen molar-refractivity contribution in [2.45, 2.75) is 19.8 Å². The summed E-state index contributed by atoms with van der Waals surface area (Å²) in [6, 6.07) is 3.40. The average Bonchev–Trinajstić information content (AvgIpc) is 3.07. The molecule has 0 aromatic carbocycles. The fourth-order valence-corrected chi connectivity index (χ4v) is 2.50. The highest BCUT2D eigenvalue weighted by atomic mass is 16.3. The molecule has 122 valence electrons. The van der Waals surface area contributed by atoms with Gasteiger partial charge in [0.15, 0.2) is 5.76 Å². The van der Waals surface area contributed by atoms with Crippen LogP contribution in [0.4, 0.5) is 0 Å². The van der Waals surface area contributed by atoms with E-state index in [2.05, 4.69) is 11.8 Å². The molecule has 6 heteroatoms. The third kappa shape index (κ3) is 4.34. The van der Waals surface area contributed by atoms with Crippen LogP contribution in [-0.2, 0) is 4.79 Å². The molecule has 0 spiro atoms. The molecule has 1 aliphatic heterocycles. The Morgan fingerprint density at radius 3 is 2.59 bits per heavy atom. The number of piperazine rings is 1. The summed E-state index contributed by atoms with van der Waals surface area (Å²) in [7, 11) is 1.86. The van der Waals surface area contributed by atoms with Crippen molar-refractivity contribution in [2.75, 3.05) is 46.3 Å². The van der Waals surface area contributed by atoms with Crippen LogP contribution in [0.25, 0.3) is 0 Å². The monoisotopic (exact) mass is 307 g/mol. The molecule has 1 aromatic rings. The molecule has 0 unspecified atom stereocenters. The SMILES string of the molecule is CCCCN(C)C(=O)CN1CCN(C(=O)c2ccco2)CC1. The second-order valence-electron chi connectivity index (χ2n) is 5.71. The fraction of sp³-hybridized carbons (Fsp3) is 0.625. The quantitative estimate of drug-likeness (QED) is 0.795. The highest BCUT2D eigenvalue weighted by molar-refractivity contribution is 5.91. The van der Waals surface area contributed by atoms with Crippen molar-refractivity contribution in [3.63, 3.8) is 0 Å². The number of hydrogen-bond acceptors (Lipinski definition) is 4. The van der Waals surface area contributed by atoms with Crippen molar-refractivity contribution in [1.29, 1.82) is 0 Å². The zero-order valence-corrected chi connectivity index (χ0v) is 13.5. The van der Waals surface area contributed by atoms with Crippen LogP contribution in [0, 0.1) is 0 Å². The van der Waals surface area contributed by atoms with Gasteiger partial charge < -0.3 is 14.2 Å². The van der Waals surface area contributed by atoms with E-state index < -0.39 is 0 Å². The summed E-state index contributed by atoms with van der Waals surface area (Å²) in [6.45, 7) is 6.07. The van der Waals surface area contributed by atoms with E-state index in [-0.39, 0.29) is 11.8 Å². The topological polar surface area (TPSA) is 57.0 Å². The molecule has 1 aliphatic rings. The smallest absolute Gasteiger partial charge is 0.289 e. The van der Waals surface area contributed by atoms with E-state index in [1.165, 1.54) is 6.26 Å². The number of unbranched alkanes of at least 4 members (excludes halogenated alkanes) is 1. The van der Waals surface area contributed by atoms with Crippen LogP contribution < -0.4 is 0 Å². The standard InChI is InChI=1S/C16H25N3O3/c1-3-4-7-17(2)15(20)13-18-8-10-19(11-9-18)16(21)14-6-5-12-22-14/h5-6,12H,3-4,7-11,13H2,1-2H3. The Balaban J connectivity index is 1.75. The molecule has 0 atom stereocenters. The largest absolute Gasteiger partial charge is 0.459 e. The fourth-order valence-electron chi connectivity index (χ4n) is 2.50. The molecule has 6 nitrogen and oxygen atoms in total. The molecule has 2 heterocycles. The second kappa shape index (κ2) is 7.98. The van der Waals surface area contributed by atoms with Crippen molar-refractivity contribution >= 4 is 11.8 Å². The molecule has 0 bridgehead atoms. The first kappa shape index (κ1) is 16.5. The van der Waals surface area contributed by atoms with Crippen molar-refractivity contribution in [2.24, 2.45) is 0 Å². The van der Waals surface area contributed by atoms with E-state index in [9.17, 15) is 9.59 Å². The first-order chi connectivity index (χ1) is 10.6. The van der Waals surface area contributed by atoms with Gasteiger partial charge in [-0.1, -0.05) is 13.3 Å². The lowest BCUT2D eigenvalue weighted by Crippen LogP contribution is -2.51. The summed E-state index contributed by atoms with van der Waals surface area (Å²) in [5.74, 6) is 0.458. The van der Waals surface area contributed by atoms with E-state index in [1.54, 1.807) is 21.9 Å². The Kier molecular flexibility index (Phi) is 6.00. The second-order valence-corrected chi connectivity index (χ2v) is 5.71. The summed E-state index contributed by atoms with van der Waals surface area (Å²) in [6.07, 6.45) is 3.63. The zero-order valence-electron chi connectivity index (χ0n) is 13.5. The summed E-state index contributed by atoms with van der Waals surface area (Å²) < 4.78 is 5.14. The van der Waals surface area contributed by atoms with E-state index in [1.807, 2.05) is 7.05 Å². The highest BCUT2D eigenvalue weighted by Crippen LogP contribution is 2.09. The van der Waals surface area contributed by atoms with Gasteiger partial charge in [-0.15, -0.1) is 0 Å². The molecule has 22 heavy (non-hydrogen) atoms. The van der Waals surface area contributed by atoms with Crippen molar-refractivity contribution in [3.05, 3.63) is 24.2 Å². The van der Waals surface area contributed by atoms with Crippen molar-refractivity contribution in [1.82, 2.24) is 14.7 Å². The van der Waals surface area contributed by atoms with E-state index in [0.717, 1.165) is 32.5 Å². The molecule has 0 aliphatic carbocycles. The Morgan fingerprint density at radius 2 is 2.00 bits per heavy atom. The summed E-state index contributed by atoms with van der Waals surface area (Å²) >= 11 is 0. The summed E-state index contributed by atoms with van der Waals surface area (Å²) in [4.78, 5) is 29.9. The minimum Gasteiger partial charge on any atom is -0.459 e. The van der Waals surface area contributed by atoms with E-state index >= 15 is 0 Å². The van der Waals surface area contributed by atoms with E-state index in [4.69, 9.17) is 4.42 Å². The van der Waals surface area contributed by atoms with Gasteiger partial charge in [-0.25, -0.2) is 0 Å². The molecule has 0 saturated carbocycles. The van der Waals surface area contributed by atoms with Gasteiger partial charge in [-0.2, -0.15) is 0 Å². The highest BCUT2D eigenvalue weighted by Gasteiger charge is 2.25. The lowest BCUT2D eigenvalue weighted by atomic mass is 10.2. The number of carbonyl (C=O) groups is 2. The number of carbonyl (C=O) groups excluding carboxylic acids is 2. The van der Waals surface area contributed by atoms with Gasteiger partial charge in [0, 0.05) is 39.8 Å². The van der Waals surface area contributed by atoms with E-state index in [0.29, 0.717) is 25.4 Å². The number of furan rings is 1. The molecular formula is C16H25N3O3. The van der Waals surface area contributed by atoms with Gasteiger partial charge in [0.1, 0.15) is 0 Å². The molecule has 1 aromatic heterocycles. The predicted octanol–water partition coefficient (Wildman–Crippen LogP) is 1.30. The van der Waals surface area contributed by atoms with Crippen LogP contribution in [-0.4, -0.2) is 72.8 Å². The lowest BCUT2D eigenvalue weighted by Gasteiger charge is -2.34.